The van der Waals surface area contributed by atoms with Crippen molar-refractivity contribution >= 4 is 45.1 Å². The molecule has 8 heteroatoms. The van der Waals surface area contributed by atoms with Crippen LogP contribution in [0.2, 0.25) is 0 Å². The normalized spacial score (nSPS) is 12.5. The minimum Gasteiger partial charge on any atom is -0.358 e. The Bertz CT molecular complexity index is 1850. The third-order valence-corrected chi connectivity index (χ3v) is 7.52. The van der Waals surface area contributed by atoms with Crippen molar-refractivity contribution in [3.63, 3.8) is 0 Å². The zero-order valence-electron chi connectivity index (χ0n) is 20.0. The minimum absolute atomic E-state index is 0.0165. The number of thioether (sulfide) groups is 1. The number of aryl methyl sites for hydroxylation is 2. The highest BCUT2D eigenvalue weighted by Crippen LogP contribution is 2.31. The average Bonchev–Trinajstić information content (AvgIpc) is 3.45. The number of ketones is 1. The molecule has 178 valence electrons. The van der Waals surface area contributed by atoms with E-state index in [1.54, 1.807) is 10.6 Å². The molecular weight excluding hydrogens is 470 g/mol. The fraction of sp³-hybridized carbons (Fsp3) is 0.143. The summed E-state index contributed by atoms with van der Waals surface area (Å²) in [5.41, 5.74) is 4.83. The predicted octanol–water partition coefficient (Wildman–Crippen LogP) is 5.50. The van der Waals surface area contributed by atoms with Gasteiger partial charge in [-0.1, -0.05) is 59.8 Å². The highest BCUT2D eigenvalue weighted by atomic mass is 32.2. The summed E-state index contributed by atoms with van der Waals surface area (Å²) in [5, 5.41) is 10.4. The third kappa shape index (κ3) is 3.45. The Labute approximate surface area is 210 Å². The Morgan fingerprint density at radius 1 is 0.917 bits per heavy atom. The lowest BCUT2D eigenvalue weighted by molar-refractivity contribution is 0.0995. The van der Waals surface area contributed by atoms with Crippen LogP contribution in [0.3, 0.4) is 0 Å². The molecule has 6 aromatic rings. The van der Waals surface area contributed by atoms with Gasteiger partial charge >= 0.3 is 0 Å². The van der Waals surface area contributed by atoms with E-state index < -0.39 is 5.25 Å². The van der Waals surface area contributed by atoms with Gasteiger partial charge in [-0.15, -0.1) is 10.2 Å². The summed E-state index contributed by atoms with van der Waals surface area (Å²) >= 11 is 1.34. The van der Waals surface area contributed by atoms with Crippen molar-refractivity contribution in [1.82, 2.24) is 24.1 Å². The summed E-state index contributed by atoms with van der Waals surface area (Å²) in [4.78, 5) is 30.4. The van der Waals surface area contributed by atoms with Crippen molar-refractivity contribution in [2.75, 3.05) is 0 Å². The number of fused-ring (bicyclic) bond motifs is 4. The maximum absolute atomic E-state index is 13.6. The second kappa shape index (κ2) is 8.49. The number of benzene rings is 3. The number of carbonyl (C=O) groups is 1. The summed E-state index contributed by atoms with van der Waals surface area (Å²) in [5.74, 6) is 0.427. The van der Waals surface area contributed by atoms with E-state index in [1.165, 1.54) is 11.8 Å². The van der Waals surface area contributed by atoms with E-state index >= 15 is 0 Å². The molecule has 0 aliphatic heterocycles. The van der Waals surface area contributed by atoms with Crippen molar-refractivity contribution < 1.29 is 4.79 Å². The van der Waals surface area contributed by atoms with E-state index in [2.05, 4.69) is 15.2 Å². The molecular formula is C28H23N5O2S. The van der Waals surface area contributed by atoms with Crippen LogP contribution in [-0.4, -0.2) is 35.2 Å². The van der Waals surface area contributed by atoms with Crippen molar-refractivity contribution in [3.8, 4) is 5.69 Å². The number of rotatable bonds is 5. The molecule has 0 fully saturated rings. The standard InChI is InChI=1S/C28H23N5O2S/c1-16-12-14-19(15-13-16)32-26(35)21-9-5-7-11-23(21)33-27(32)30-31-28(33)36-18(3)25(34)24-17(2)29-22-10-6-4-8-20(22)24/h4-15,18,29H,1-3H3. The van der Waals surface area contributed by atoms with Crippen LogP contribution < -0.4 is 5.56 Å². The van der Waals surface area contributed by atoms with Gasteiger partial charge in [0, 0.05) is 22.2 Å². The van der Waals surface area contributed by atoms with Crippen LogP contribution in [0.5, 0.6) is 0 Å². The number of para-hydroxylation sites is 2. The summed E-state index contributed by atoms with van der Waals surface area (Å²) in [7, 11) is 0. The lowest BCUT2D eigenvalue weighted by Crippen LogP contribution is -2.22. The number of carbonyl (C=O) groups excluding carboxylic acids is 1. The van der Waals surface area contributed by atoms with Gasteiger partial charge in [0.25, 0.3) is 5.56 Å². The predicted molar refractivity (Wildman–Crippen MR) is 144 cm³/mol. The molecule has 1 unspecified atom stereocenters. The second-order valence-electron chi connectivity index (χ2n) is 8.91. The number of aromatic nitrogens is 5. The van der Waals surface area contributed by atoms with Crippen LogP contribution >= 0.6 is 11.8 Å². The van der Waals surface area contributed by atoms with Crippen LogP contribution in [-0.2, 0) is 0 Å². The number of hydrogen-bond acceptors (Lipinski definition) is 5. The van der Waals surface area contributed by atoms with E-state index in [-0.39, 0.29) is 11.3 Å². The molecule has 3 heterocycles. The van der Waals surface area contributed by atoms with E-state index in [0.29, 0.717) is 33.1 Å². The van der Waals surface area contributed by atoms with Crippen LogP contribution in [0.1, 0.15) is 28.5 Å². The van der Waals surface area contributed by atoms with Crippen LogP contribution in [0, 0.1) is 13.8 Å². The molecule has 0 amide bonds. The molecule has 0 saturated carbocycles. The smallest absolute Gasteiger partial charge is 0.267 e. The van der Waals surface area contributed by atoms with Crippen molar-refractivity contribution in [3.05, 3.63) is 100.0 Å². The fourth-order valence-corrected chi connectivity index (χ4v) is 5.61. The number of H-pyrrole nitrogens is 1. The fourth-order valence-electron chi connectivity index (χ4n) is 4.69. The van der Waals surface area contributed by atoms with Gasteiger partial charge in [0.1, 0.15) is 0 Å². The first-order valence-electron chi connectivity index (χ1n) is 11.7. The quantitative estimate of drug-likeness (QED) is 0.253. The first-order valence-corrected chi connectivity index (χ1v) is 12.6. The highest BCUT2D eigenvalue weighted by molar-refractivity contribution is 8.00. The maximum atomic E-state index is 13.6. The molecule has 0 aliphatic rings. The van der Waals surface area contributed by atoms with Gasteiger partial charge in [0.05, 0.1) is 21.8 Å². The zero-order chi connectivity index (χ0) is 25.0. The van der Waals surface area contributed by atoms with Gasteiger partial charge in [-0.3, -0.25) is 14.0 Å². The van der Waals surface area contributed by atoms with Gasteiger partial charge in [-0.25, -0.2) is 4.57 Å². The Kier molecular flexibility index (Phi) is 5.26. The number of nitrogens with one attached hydrogen (secondary N) is 1. The van der Waals surface area contributed by atoms with E-state index in [0.717, 1.165) is 22.2 Å². The maximum Gasteiger partial charge on any atom is 0.267 e. The lowest BCUT2D eigenvalue weighted by atomic mass is 10.1. The summed E-state index contributed by atoms with van der Waals surface area (Å²) in [6.45, 7) is 5.81. The van der Waals surface area contributed by atoms with Crippen LogP contribution in [0.15, 0.2) is 82.7 Å². The van der Waals surface area contributed by atoms with Crippen LogP contribution in [0.25, 0.3) is 33.3 Å². The monoisotopic (exact) mass is 493 g/mol. The van der Waals surface area contributed by atoms with Gasteiger partial charge < -0.3 is 4.98 Å². The van der Waals surface area contributed by atoms with E-state index in [4.69, 9.17) is 0 Å². The number of Topliss-reactive ketones (excluding diaryl/α,β-unsaturated/α-hetero) is 1. The van der Waals surface area contributed by atoms with E-state index in [9.17, 15) is 9.59 Å². The Balaban J connectivity index is 1.49. The van der Waals surface area contributed by atoms with Crippen molar-refractivity contribution in [2.45, 2.75) is 31.2 Å². The number of hydrogen-bond donors (Lipinski definition) is 1. The SMILES string of the molecule is Cc1ccc(-n2c(=O)c3ccccc3n3c(SC(C)C(=O)c4c(C)[nH]c5ccccc45)nnc23)cc1. The summed E-state index contributed by atoms with van der Waals surface area (Å²) in [6.07, 6.45) is 0. The van der Waals surface area contributed by atoms with Gasteiger partial charge in [0.15, 0.2) is 10.9 Å². The molecule has 36 heavy (non-hydrogen) atoms. The summed E-state index contributed by atoms with van der Waals surface area (Å²) in [6, 6.07) is 23.0. The molecule has 1 atom stereocenters. The Morgan fingerprint density at radius 3 is 2.39 bits per heavy atom. The van der Waals surface area contributed by atoms with Gasteiger partial charge in [-0.05, 0) is 51.1 Å². The molecule has 6 rings (SSSR count). The number of aromatic amines is 1. The first-order chi connectivity index (χ1) is 17.4. The number of nitrogens with zero attached hydrogens (tertiary/aromatic N) is 4. The lowest BCUT2D eigenvalue weighted by Gasteiger charge is -2.13. The molecule has 0 bridgehead atoms. The van der Waals surface area contributed by atoms with Crippen molar-refractivity contribution in [2.24, 2.45) is 0 Å². The van der Waals surface area contributed by atoms with Crippen molar-refractivity contribution in [1.29, 1.82) is 0 Å². The molecule has 1 N–H and O–H groups in total. The minimum atomic E-state index is -0.422. The van der Waals surface area contributed by atoms with Gasteiger partial charge in [-0.2, -0.15) is 0 Å². The Morgan fingerprint density at radius 2 is 1.61 bits per heavy atom. The molecule has 7 nitrogen and oxygen atoms in total. The first kappa shape index (κ1) is 22.3. The molecule has 0 aliphatic carbocycles. The summed E-state index contributed by atoms with van der Waals surface area (Å²) < 4.78 is 3.45. The van der Waals surface area contributed by atoms with Gasteiger partial charge in [0.2, 0.25) is 5.78 Å². The average molecular weight is 494 g/mol. The molecule has 0 spiro atoms. The molecule has 3 aromatic heterocycles. The zero-order valence-corrected chi connectivity index (χ0v) is 20.8. The van der Waals surface area contributed by atoms with Crippen LogP contribution in [0.4, 0.5) is 0 Å². The largest absolute Gasteiger partial charge is 0.358 e. The molecule has 0 saturated heterocycles. The molecule has 0 radical (unpaired) electrons. The van der Waals surface area contributed by atoms with E-state index in [1.807, 2.05) is 91.9 Å². The highest BCUT2D eigenvalue weighted by Gasteiger charge is 2.25. The topological polar surface area (TPSA) is 85.0 Å². The second-order valence-corrected chi connectivity index (χ2v) is 10.2. The third-order valence-electron chi connectivity index (χ3n) is 6.48. The Hall–Kier alpha value is -4.17. The molecule has 3 aromatic carbocycles.